The van der Waals surface area contributed by atoms with Crippen molar-refractivity contribution in [2.24, 2.45) is 0 Å². The number of anilines is 1. The Labute approximate surface area is 186 Å². The highest BCUT2D eigenvalue weighted by Crippen LogP contribution is 2.36. The van der Waals surface area contributed by atoms with Crippen LogP contribution in [0.1, 0.15) is 40.1 Å². The number of carbonyl (C=O) groups excluding carboxylic acids is 2. The molecule has 3 rings (SSSR count). The summed E-state index contributed by atoms with van der Waals surface area (Å²) in [7, 11) is 0. The number of likely N-dealkylation sites (tertiary alicyclic amines) is 1. The highest BCUT2D eigenvalue weighted by Gasteiger charge is 2.24. The Kier molecular flexibility index (Phi) is 6.94. The maximum absolute atomic E-state index is 12.9. The number of nitrogens with one attached hydrogen (secondary N) is 1. The molecule has 1 aromatic heterocycles. The van der Waals surface area contributed by atoms with E-state index >= 15 is 0 Å². The second kappa shape index (κ2) is 9.06. The average molecular weight is 482 g/mol. The van der Waals surface area contributed by atoms with Crippen molar-refractivity contribution in [1.29, 1.82) is 0 Å². The SMILES string of the molecule is O=C(Nc1cc(Cl)ccc1C(=O)N1CCCCC1)c1nc(Cl)c(Cl)c(Cl)c1Cl. The zero-order chi connectivity index (χ0) is 20.4. The monoisotopic (exact) mass is 479 g/mol. The summed E-state index contributed by atoms with van der Waals surface area (Å²) in [6.07, 6.45) is 2.99. The molecule has 1 N–H and O–H groups in total. The van der Waals surface area contributed by atoms with Gasteiger partial charge in [0.25, 0.3) is 11.8 Å². The third-order valence-electron chi connectivity index (χ3n) is 4.30. The standard InChI is InChI=1S/C18H14Cl5N3O2/c19-9-4-5-10(18(28)26-6-2-1-3-7-26)11(8-9)24-17(27)15-13(21)12(20)14(22)16(23)25-15/h4-5,8H,1-3,6-7H2,(H,24,27). The third kappa shape index (κ3) is 4.50. The fraction of sp³-hybridized carbons (Fsp3) is 0.278. The van der Waals surface area contributed by atoms with Crippen LogP contribution in [0.5, 0.6) is 0 Å². The molecule has 0 spiro atoms. The molecule has 1 saturated heterocycles. The van der Waals surface area contributed by atoms with Gasteiger partial charge in [-0.15, -0.1) is 0 Å². The molecule has 28 heavy (non-hydrogen) atoms. The molecule has 0 atom stereocenters. The first kappa shape index (κ1) is 21.5. The van der Waals surface area contributed by atoms with Crippen LogP contribution in [0.25, 0.3) is 0 Å². The lowest BCUT2D eigenvalue weighted by Crippen LogP contribution is -2.36. The zero-order valence-electron chi connectivity index (χ0n) is 14.4. The Morgan fingerprint density at radius 1 is 0.929 bits per heavy atom. The lowest BCUT2D eigenvalue weighted by atomic mass is 10.1. The van der Waals surface area contributed by atoms with Crippen LogP contribution in [0.4, 0.5) is 5.69 Å². The lowest BCUT2D eigenvalue weighted by Gasteiger charge is -2.27. The van der Waals surface area contributed by atoms with Gasteiger partial charge in [-0.05, 0) is 37.5 Å². The lowest BCUT2D eigenvalue weighted by molar-refractivity contribution is 0.0725. The first-order chi connectivity index (χ1) is 13.3. The third-order valence-corrected chi connectivity index (χ3v) is 6.22. The Morgan fingerprint density at radius 3 is 2.29 bits per heavy atom. The van der Waals surface area contributed by atoms with Gasteiger partial charge >= 0.3 is 0 Å². The van der Waals surface area contributed by atoms with E-state index in [1.165, 1.54) is 6.07 Å². The molecule has 2 heterocycles. The minimum atomic E-state index is -0.694. The minimum Gasteiger partial charge on any atom is -0.339 e. The van der Waals surface area contributed by atoms with E-state index in [4.69, 9.17) is 58.0 Å². The number of pyridine rings is 1. The summed E-state index contributed by atoms with van der Waals surface area (Å²) >= 11 is 29.9. The maximum atomic E-state index is 12.9. The molecule has 0 unspecified atom stereocenters. The van der Waals surface area contributed by atoms with E-state index in [0.717, 1.165) is 19.3 Å². The second-order valence-corrected chi connectivity index (χ2v) is 8.12. The quantitative estimate of drug-likeness (QED) is 0.529. The van der Waals surface area contributed by atoms with Crippen LogP contribution in [0, 0.1) is 0 Å². The van der Waals surface area contributed by atoms with Crippen LogP contribution in [0.15, 0.2) is 18.2 Å². The van der Waals surface area contributed by atoms with E-state index in [1.54, 1.807) is 17.0 Å². The smallest absolute Gasteiger partial charge is 0.275 e. The topological polar surface area (TPSA) is 62.3 Å². The van der Waals surface area contributed by atoms with E-state index in [9.17, 15) is 9.59 Å². The van der Waals surface area contributed by atoms with Crippen molar-refractivity contribution < 1.29 is 9.59 Å². The van der Waals surface area contributed by atoms with Gasteiger partial charge in [0, 0.05) is 18.1 Å². The molecule has 0 aliphatic carbocycles. The number of aromatic nitrogens is 1. The Morgan fingerprint density at radius 2 is 1.61 bits per heavy atom. The number of halogens is 5. The van der Waals surface area contributed by atoms with Gasteiger partial charge in [0.1, 0.15) is 10.8 Å². The highest BCUT2D eigenvalue weighted by molar-refractivity contribution is 6.52. The van der Waals surface area contributed by atoms with Gasteiger partial charge in [-0.3, -0.25) is 9.59 Å². The highest BCUT2D eigenvalue weighted by atomic mass is 35.5. The molecule has 1 aliphatic rings. The summed E-state index contributed by atoms with van der Waals surface area (Å²) < 4.78 is 0. The Hall–Kier alpha value is -1.24. The average Bonchev–Trinajstić information content (AvgIpc) is 2.69. The summed E-state index contributed by atoms with van der Waals surface area (Å²) in [5, 5.41) is 2.56. The summed E-state index contributed by atoms with van der Waals surface area (Å²) in [6, 6.07) is 4.66. The van der Waals surface area contributed by atoms with E-state index in [2.05, 4.69) is 10.3 Å². The molecule has 1 aromatic carbocycles. The van der Waals surface area contributed by atoms with Gasteiger partial charge in [0.15, 0.2) is 0 Å². The molecule has 0 radical (unpaired) electrons. The molecule has 0 saturated carbocycles. The molecule has 10 heteroatoms. The van der Waals surface area contributed by atoms with Crippen LogP contribution >= 0.6 is 58.0 Å². The van der Waals surface area contributed by atoms with E-state index in [-0.39, 0.29) is 37.5 Å². The van der Waals surface area contributed by atoms with Gasteiger partial charge in [-0.25, -0.2) is 4.98 Å². The molecule has 0 bridgehead atoms. The number of carbonyl (C=O) groups is 2. The van der Waals surface area contributed by atoms with Gasteiger partial charge in [-0.1, -0.05) is 58.0 Å². The van der Waals surface area contributed by atoms with Crippen molar-refractivity contribution >= 4 is 75.5 Å². The molecule has 1 aliphatic heterocycles. The Balaban J connectivity index is 1.93. The number of piperidine rings is 1. The molecular weight excluding hydrogens is 467 g/mol. The summed E-state index contributed by atoms with van der Waals surface area (Å²) in [4.78, 5) is 31.3. The predicted molar refractivity (Wildman–Crippen MR) is 113 cm³/mol. The molecule has 1 fully saturated rings. The number of amides is 2. The number of rotatable bonds is 3. The fourth-order valence-electron chi connectivity index (χ4n) is 2.89. The van der Waals surface area contributed by atoms with Crippen molar-refractivity contribution in [2.45, 2.75) is 19.3 Å². The van der Waals surface area contributed by atoms with Crippen LogP contribution in [0.3, 0.4) is 0 Å². The summed E-state index contributed by atoms with van der Waals surface area (Å²) in [5.41, 5.74) is 0.354. The molecule has 2 aromatic rings. The molecule has 5 nitrogen and oxygen atoms in total. The number of hydrogen-bond acceptors (Lipinski definition) is 3. The number of hydrogen-bond donors (Lipinski definition) is 1. The summed E-state index contributed by atoms with van der Waals surface area (Å²) in [5.74, 6) is -0.877. The Bertz CT molecular complexity index is 945. The van der Waals surface area contributed by atoms with Gasteiger partial charge in [0.2, 0.25) is 0 Å². The van der Waals surface area contributed by atoms with E-state index < -0.39 is 5.91 Å². The van der Waals surface area contributed by atoms with Crippen molar-refractivity contribution in [2.75, 3.05) is 18.4 Å². The van der Waals surface area contributed by atoms with Crippen molar-refractivity contribution in [1.82, 2.24) is 9.88 Å². The second-order valence-electron chi connectivity index (χ2n) is 6.19. The van der Waals surface area contributed by atoms with Crippen molar-refractivity contribution in [3.63, 3.8) is 0 Å². The predicted octanol–water partition coefficient (Wildman–Crippen LogP) is 6.23. The minimum absolute atomic E-state index is 0.0476. The van der Waals surface area contributed by atoms with E-state index in [1.807, 2.05) is 0 Å². The van der Waals surface area contributed by atoms with E-state index in [0.29, 0.717) is 23.7 Å². The summed E-state index contributed by atoms with van der Waals surface area (Å²) in [6.45, 7) is 1.34. The fourth-order valence-corrected chi connectivity index (χ4v) is 3.88. The van der Waals surface area contributed by atoms with Crippen LogP contribution < -0.4 is 5.32 Å². The van der Waals surface area contributed by atoms with Crippen molar-refractivity contribution in [3.05, 3.63) is 54.7 Å². The normalized spacial score (nSPS) is 14.1. The number of benzene rings is 1. The molecule has 2 amide bonds. The first-order valence-electron chi connectivity index (χ1n) is 8.39. The van der Waals surface area contributed by atoms with Gasteiger partial charge in [-0.2, -0.15) is 0 Å². The zero-order valence-corrected chi connectivity index (χ0v) is 18.1. The molecular formula is C18H14Cl5N3O2. The number of nitrogens with zero attached hydrogens (tertiary/aromatic N) is 2. The first-order valence-corrected chi connectivity index (χ1v) is 10.3. The van der Waals surface area contributed by atoms with Crippen LogP contribution in [-0.2, 0) is 0 Å². The largest absolute Gasteiger partial charge is 0.339 e. The maximum Gasteiger partial charge on any atom is 0.275 e. The van der Waals surface area contributed by atoms with Crippen molar-refractivity contribution in [3.8, 4) is 0 Å². The van der Waals surface area contributed by atoms with Gasteiger partial charge in [0.05, 0.1) is 26.3 Å². The molecule has 148 valence electrons. The van der Waals surface area contributed by atoms with Crippen LogP contribution in [-0.4, -0.2) is 34.8 Å². The van der Waals surface area contributed by atoms with Gasteiger partial charge < -0.3 is 10.2 Å². The van der Waals surface area contributed by atoms with Crippen LogP contribution in [0.2, 0.25) is 25.2 Å².